The summed E-state index contributed by atoms with van der Waals surface area (Å²) in [5, 5.41) is 0. The van der Waals surface area contributed by atoms with Gasteiger partial charge in [-0.1, -0.05) is 0 Å². The van der Waals surface area contributed by atoms with Crippen molar-refractivity contribution in [1.29, 1.82) is 0 Å². The summed E-state index contributed by atoms with van der Waals surface area (Å²) in [6.45, 7) is 1.98. The molecule has 0 amide bonds. The minimum Gasteiger partial charge on any atom is -0.337 e. The number of hydrogen-bond donors (Lipinski definition) is 2. The van der Waals surface area contributed by atoms with E-state index in [1.807, 2.05) is 13.0 Å². The second-order valence-electron chi connectivity index (χ2n) is 3.91. The van der Waals surface area contributed by atoms with Gasteiger partial charge in [0.25, 0.3) is 0 Å². The van der Waals surface area contributed by atoms with Crippen molar-refractivity contribution in [3.8, 4) is 11.4 Å². The molecule has 0 radical (unpaired) electrons. The number of aryl methyl sites for hydroxylation is 1. The van der Waals surface area contributed by atoms with Crippen molar-refractivity contribution in [2.45, 2.75) is 6.92 Å². The number of imidazole rings is 1. The van der Waals surface area contributed by atoms with E-state index in [0.717, 1.165) is 16.6 Å². The molecule has 0 spiro atoms. The van der Waals surface area contributed by atoms with Crippen LogP contribution in [0, 0.1) is 6.92 Å². The highest BCUT2D eigenvalue weighted by atomic mass is 16.1. The lowest BCUT2D eigenvalue weighted by atomic mass is 10.3. The summed E-state index contributed by atoms with van der Waals surface area (Å²) in [6, 6.07) is 5.19. The molecule has 0 bridgehead atoms. The van der Waals surface area contributed by atoms with Gasteiger partial charge in [-0.15, -0.1) is 0 Å². The molecule has 3 aromatic heterocycles. The molecule has 3 heterocycles. The molecular weight excluding hydrogens is 216 g/mol. The highest BCUT2D eigenvalue weighted by molar-refractivity contribution is 5.75. The Hall–Kier alpha value is -2.43. The van der Waals surface area contributed by atoms with Gasteiger partial charge in [0.1, 0.15) is 5.82 Å². The Morgan fingerprint density at radius 2 is 2.18 bits per heavy atom. The summed E-state index contributed by atoms with van der Waals surface area (Å²) in [7, 11) is 0. The predicted molar refractivity (Wildman–Crippen MR) is 64.7 cm³/mol. The number of hydrogen-bond acceptors (Lipinski definition) is 3. The second kappa shape index (κ2) is 3.55. The molecule has 0 atom stereocenters. The largest absolute Gasteiger partial charge is 0.337 e. The maximum absolute atomic E-state index is 11.0. The summed E-state index contributed by atoms with van der Waals surface area (Å²) < 4.78 is 0. The average Bonchev–Trinajstić information content (AvgIpc) is 2.72. The molecule has 0 aromatic carbocycles. The van der Waals surface area contributed by atoms with Crippen molar-refractivity contribution < 1.29 is 0 Å². The number of H-pyrrole nitrogens is 2. The van der Waals surface area contributed by atoms with Crippen molar-refractivity contribution in [2.24, 2.45) is 0 Å². The van der Waals surface area contributed by atoms with Crippen LogP contribution in [0.5, 0.6) is 0 Å². The number of rotatable bonds is 1. The molecule has 0 aliphatic carbocycles. The van der Waals surface area contributed by atoms with Gasteiger partial charge in [-0.05, 0) is 24.6 Å². The van der Waals surface area contributed by atoms with Gasteiger partial charge in [0.15, 0.2) is 5.65 Å². The number of nitrogens with zero attached hydrogens (tertiary/aromatic N) is 2. The van der Waals surface area contributed by atoms with E-state index < -0.39 is 0 Å². The normalized spacial score (nSPS) is 10.9. The van der Waals surface area contributed by atoms with Crippen molar-refractivity contribution in [2.75, 3.05) is 0 Å². The molecular formula is C12H10N4O. The quantitative estimate of drug-likeness (QED) is 0.662. The smallest absolute Gasteiger partial charge is 0.247 e. The molecule has 17 heavy (non-hydrogen) atoms. The minimum absolute atomic E-state index is 0.126. The molecule has 0 aliphatic rings. The van der Waals surface area contributed by atoms with E-state index in [4.69, 9.17) is 0 Å². The first-order valence-corrected chi connectivity index (χ1v) is 5.24. The highest BCUT2D eigenvalue weighted by Gasteiger charge is 2.05. The molecule has 0 saturated carbocycles. The third kappa shape index (κ3) is 1.71. The number of aromatic amines is 2. The van der Waals surface area contributed by atoms with Crippen molar-refractivity contribution >= 4 is 11.2 Å². The average molecular weight is 226 g/mol. The van der Waals surface area contributed by atoms with Gasteiger partial charge in [0.05, 0.1) is 5.52 Å². The maximum Gasteiger partial charge on any atom is 0.247 e. The number of nitrogens with one attached hydrogen (secondary N) is 2. The van der Waals surface area contributed by atoms with Gasteiger partial charge in [-0.25, -0.2) is 9.97 Å². The lowest BCUT2D eigenvalue weighted by Crippen LogP contribution is -2.01. The van der Waals surface area contributed by atoms with Crippen LogP contribution in [0.1, 0.15) is 5.56 Å². The standard InChI is InChI=1S/C12H10N4O/c1-7-4-9-12(14-5-7)16-11(15-9)8-2-3-10(17)13-6-8/h2-6H,1H3,(H,13,17)(H,14,15,16). The Kier molecular flexibility index (Phi) is 2.04. The molecule has 0 saturated heterocycles. The molecule has 84 valence electrons. The fourth-order valence-corrected chi connectivity index (χ4v) is 1.70. The Bertz CT molecular complexity index is 721. The Labute approximate surface area is 96.6 Å². The van der Waals surface area contributed by atoms with Gasteiger partial charge in [-0.3, -0.25) is 4.79 Å². The maximum atomic E-state index is 11.0. The van der Waals surface area contributed by atoms with Gasteiger partial charge < -0.3 is 9.97 Å². The van der Waals surface area contributed by atoms with Crippen LogP contribution in [0.4, 0.5) is 0 Å². The van der Waals surface area contributed by atoms with E-state index in [1.54, 1.807) is 18.5 Å². The summed E-state index contributed by atoms with van der Waals surface area (Å²) in [5.41, 5.74) is 3.36. The second-order valence-corrected chi connectivity index (χ2v) is 3.91. The summed E-state index contributed by atoms with van der Waals surface area (Å²) in [5.74, 6) is 0.703. The van der Waals surface area contributed by atoms with Crippen LogP contribution in [0.25, 0.3) is 22.6 Å². The Morgan fingerprint density at radius 3 is 2.94 bits per heavy atom. The van der Waals surface area contributed by atoms with Crippen LogP contribution in [0.15, 0.2) is 35.4 Å². The molecule has 2 N–H and O–H groups in total. The van der Waals surface area contributed by atoms with Gasteiger partial charge >= 0.3 is 0 Å². The Balaban J connectivity index is 2.17. The van der Waals surface area contributed by atoms with Crippen LogP contribution in [0.3, 0.4) is 0 Å². The van der Waals surface area contributed by atoms with Crippen LogP contribution >= 0.6 is 0 Å². The molecule has 0 aliphatic heterocycles. The van der Waals surface area contributed by atoms with Crippen LogP contribution in [-0.2, 0) is 0 Å². The highest BCUT2D eigenvalue weighted by Crippen LogP contribution is 2.17. The molecule has 0 unspecified atom stereocenters. The van der Waals surface area contributed by atoms with E-state index in [9.17, 15) is 4.79 Å². The van der Waals surface area contributed by atoms with Gasteiger partial charge in [-0.2, -0.15) is 0 Å². The predicted octanol–water partition coefficient (Wildman–Crippen LogP) is 1.62. The number of pyridine rings is 2. The molecule has 0 fully saturated rings. The first kappa shape index (κ1) is 9.77. The summed E-state index contributed by atoms with van der Waals surface area (Å²) in [4.78, 5) is 25.4. The van der Waals surface area contributed by atoms with Crippen molar-refractivity contribution in [3.63, 3.8) is 0 Å². The molecule has 3 rings (SSSR count). The minimum atomic E-state index is -0.126. The van der Waals surface area contributed by atoms with Crippen molar-refractivity contribution in [3.05, 3.63) is 46.5 Å². The Morgan fingerprint density at radius 1 is 1.29 bits per heavy atom. The van der Waals surface area contributed by atoms with E-state index in [1.165, 1.54) is 6.07 Å². The molecule has 5 heteroatoms. The third-order valence-corrected chi connectivity index (χ3v) is 2.53. The monoisotopic (exact) mass is 226 g/mol. The molecule has 5 nitrogen and oxygen atoms in total. The first-order valence-electron chi connectivity index (χ1n) is 5.24. The lowest BCUT2D eigenvalue weighted by Gasteiger charge is -1.93. The fraction of sp³-hybridized carbons (Fsp3) is 0.0833. The van der Waals surface area contributed by atoms with Gasteiger partial charge in [0, 0.05) is 24.0 Å². The zero-order valence-corrected chi connectivity index (χ0v) is 9.19. The zero-order chi connectivity index (χ0) is 11.8. The van der Waals surface area contributed by atoms with E-state index in [-0.39, 0.29) is 5.56 Å². The number of fused-ring (bicyclic) bond motifs is 1. The zero-order valence-electron chi connectivity index (χ0n) is 9.19. The first-order chi connectivity index (χ1) is 8.22. The SMILES string of the molecule is Cc1cnc2nc(-c3ccc(=O)[nH]c3)[nH]c2c1. The molecule has 3 aromatic rings. The third-order valence-electron chi connectivity index (χ3n) is 2.53. The topological polar surface area (TPSA) is 74.4 Å². The lowest BCUT2D eigenvalue weighted by molar-refractivity contribution is 1.21. The summed E-state index contributed by atoms with van der Waals surface area (Å²) >= 11 is 0. The van der Waals surface area contributed by atoms with Crippen LogP contribution in [0.2, 0.25) is 0 Å². The van der Waals surface area contributed by atoms with Crippen LogP contribution in [-0.4, -0.2) is 19.9 Å². The number of aromatic nitrogens is 4. The van der Waals surface area contributed by atoms with Crippen LogP contribution < -0.4 is 5.56 Å². The van der Waals surface area contributed by atoms with E-state index >= 15 is 0 Å². The van der Waals surface area contributed by atoms with Crippen molar-refractivity contribution in [1.82, 2.24) is 19.9 Å². The van der Waals surface area contributed by atoms with Gasteiger partial charge in [0.2, 0.25) is 5.56 Å². The van der Waals surface area contributed by atoms with E-state index in [2.05, 4.69) is 19.9 Å². The summed E-state index contributed by atoms with van der Waals surface area (Å²) in [6.07, 6.45) is 3.41. The fourth-order valence-electron chi connectivity index (χ4n) is 1.70. The van der Waals surface area contributed by atoms with E-state index in [0.29, 0.717) is 11.5 Å².